The van der Waals surface area contributed by atoms with Crippen molar-refractivity contribution in [2.75, 3.05) is 13.2 Å². The number of fused-ring (bicyclic) bond motifs is 1. The van der Waals surface area contributed by atoms with Crippen LogP contribution >= 0.6 is 34.5 Å². The summed E-state index contributed by atoms with van der Waals surface area (Å²) < 4.78 is 18.4. The first kappa shape index (κ1) is 31.3. The molecule has 0 N–H and O–H groups in total. The summed E-state index contributed by atoms with van der Waals surface area (Å²) >= 11 is 14.1. The number of hydrogen-bond acceptors (Lipinski definition) is 8. The van der Waals surface area contributed by atoms with Gasteiger partial charge in [-0.1, -0.05) is 64.9 Å². The zero-order valence-electron chi connectivity index (χ0n) is 24.1. The van der Waals surface area contributed by atoms with Gasteiger partial charge < -0.3 is 14.2 Å². The van der Waals surface area contributed by atoms with Gasteiger partial charge in [0.25, 0.3) is 5.56 Å². The van der Waals surface area contributed by atoms with Gasteiger partial charge in [0.05, 0.1) is 34.6 Å². The Balaban J connectivity index is 1.54. The van der Waals surface area contributed by atoms with Crippen molar-refractivity contribution in [3.8, 4) is 5.75 Å². The number of ether oxygens (including phenoxy) is 3. The van der Waals surface area contributed by atoms with Crippen LogP contribution in [0.3, 0.4) is 0 Å². The van der Waals surface area contributed by atoms with Crippen LogP contribution in [0.4, 0.5) is 0 Å². The van der Waals surface area contributed by atoms with Gasteiger partial charge in [-0.2, -0.15) is 0 Å². The fraction of sp³-hybridized carbons (Fsp3) is 0.212. The van der Waals surface area contributed by atoms with E-state index in [1.165, 1.54) is 15.9 Å². The highest BCUT2D eigenvalue weighted by Gasteiger charge is 2.34. The quantitative estimate of drug-likeness (QED) is 0.211. The summed E-state index contributed by atoms with van der Waals surface area (Å²) in [6.45, 7) is 5.87. The highest BCUT2D eigenvalue weighted by atomic mass is 35.5. The van der Waals surface area contributed by atoms with Gasteiger partial charge in [0, 0.05) is 15.6 Å². The van der Waals surface area contributed by atoms with Crippen molar-refractivity contribution < 1.29 is 23.8 Å². The maximum absolute atomic E-state index is 14.0. The van der Waals surface area contributed by atoms with E-state index in [-0.39, 0.29) is 30.3 Å². The van der Waals surface area contributed by atoms with Crippen molar-refractivity contribution in [1.82, 2.24) is 4.57 Å². The molecule has 8 nitrogen and oxygen atoms in total. The lowest BCUT2D eigenvalue weighted by molar-refractivity contribution is -0.139. The molecule has 1 aliphatic rings. The first-order valence-corrected chi connectivity index (χ1v) is 15.4. The van der Waals surface area contributed by atoms with Crippen molar-refractivity contribution in [3.05, 3.63) is 130 Å². The predicted octanol–water partition coefficient (Wildman–Crippen LogP) is 5.86. The van der Waals surface area contributed by atoms with Crippen molar-refractivity contribution in [3.63, 3.8) is 0 Å². The fourth-order valence-corrected chi connectivity index (χ4v) is 6.26. The van der Waals surface area contributed by atoms with E-state index >= 15 is 0 Å². The largest absolute Gasteiger partial charge is 0.488 e. The lowest BCUT2D eigenvalue weighted by Crippen LogP contribution is -2.40. The smallest absolute Gasteiger partial charge is 0.338 e. The molecule has 0 saturated heterocycles. The Hall–Kier alpha value is -4.18. The van der Waals surface area contributed by atoms with E-state index in [0.717, 1.165) is 5.56 Å². The van der Waals surface area contributed by atoms with Crippen LogP contribution in [-0.2, 0) is 20.9 Å². The minimum absolute atomic E-state index is 0.169. The van der Waals surface area contributed by atoms with Gasteiger partial charge in [-0.3, -0.25) is 9.36 Å². The number of aromatic nitrogens is 1. The molecular weight excluding hydrogens is 623 g/mol. The Morgan fingerprint density at radius 1 is 0.977 bits per heavy atom. The Morgan fingerprint density at radius 2 is 1.68 bits per heavy atom. The second-order valence-electron chi connectivity index (χ2n) is 9.71. The molecule has 226 valence electrons. The van der Waals surface area contributed by atoms with Crippen LogP contribution in [0.5, 0.6) is 5.75 Å². The van der Waals surface area contributed by atoms with Crippen molar-refractivity contribution in [2.24, 2.45) is 4.99 Å². The van der Waals surface area contributed by atoms with E-state index in [1.54, 1.807) is 93.6 Å². The fourth-order valence-electron chi connectivity index (χ4n) is 4.80. The van der Waals surface area contributed by atoms with Gasteiger partial charge >= 0.3 is 11.9 Å². The van der Waals surface area contributed by atoms with Gasteiger partial charge in [-0.15, -0.1) is 0 Å². The molecule has 11 heteroatoms. The monoisotopic (exact) mass is 650 g/mol. The predicted molar refractivity (Wildman–Crippen MR) is 170 cm³/mol. The summed E-state index contributed by atoms with van der Waals surface area (Å²) in [7, 11) is 0. The molecule has 0 aliphatic carbocycles. The van der Waals surface area contributed by atoms with E-state index in [9.17, 15) is 14.4 Å². The molecule has 0 spiro atoms. The van der Waals surface area contributed by atoms with Crippen molar-refractivity contribution in [2.45, 2.75) is 33.4 Å². The summed E-state index contributed by atoms with van der Waals surface area (Å²) in [6.07, 6.45) is 1.70. The lowest BCUT2D eigenvalue weighted by atomic mass is 9.96. The maximum atomic E-state index is 14.0. The van der Waals surface area contributed by atoms with Crippen molar-refractivity contribution in [1.29, 1.82) is 0 Å². The average molecular weight is 652 g/mol. The Kier molecular flexibility index (Phi) is 9.68. The summed E-state index contributed by atoms with van der Waals surface area (Å²) in [5.41, 5.74) is 2.80. The molecule has 5 rings (SSSR count). The summed E-state index contributed by atoms with van der Waals surface area (Å²) in [5, 5.41) is 0.869. The molecule has 0 saturated carbocycles. The molecule has 0 amide bonds. The minimum atomic E-state index is -0.825. The molecule has 0 radical (unpaired) electrons. The molecule has 4 aromatic rings. The Labute approximate surface area is 267 Å². The van der Waals surface area contributed by atoms with Crippen LogP contribution in [0.2, 0.25) is 10.0 Å². The SMILES string of the molecule is CCOC(=O)C1=C(C)N=c2s/c(=C\c3cc(Cl)ccc3OCc3ccc(C(=O)OCC)cc3)c(=O)n2[C@H]1c1ccccc1Cl. The van der Waals surface area contributed by atoms with E-state index < -0.39 is 12.0 Å². The number of thiazole rings is 1. The van der Waals surface area contributed by atoms with Crippen LogP contribution < -0.4 is 19.6 Å². The number of halogens is 2. The number of allylic oxidation sites excluding steroid dienone is 1. The number of benzene rings is 3. The van der Waals surface area contributed by atoms with Gasteiger partial charge in [-0.25, -0.2) is 14.6 Å². The molecule has 1 atom stereocenters. The van der Waals surface area contributed by atoms with E-state index in [1.807, 2.05) is 0 Å². The highest BCUT2D eigenvalue weighted by Crippen LogP contribution is 2.34. The molecule has 3 aromatic carbocycles. The van der Waals surface area contributed by atoms with Crippen LogP contribution in [-0.4, -0.2) is 29.7 Å². The second kappa shape index (κ2) is 13.6. The summed E-state index contributed by atoms with van der Waals surface area (Å²) in [6, 6.07) is 18.3. The highest BCUT2D eigenvalue weighted by molar-refractivity contribution is 7.07. The summed E-state index contributed by atoms with van der Waals surface area (Å²) in [5.74, 6) is -0.447. The number of rotatable bonds is 9. The molecule has 44 heavy (non-hydrogen) atoms. The standard InChI is InChI=1S/C33H28Cl2N2O6S/c1-4-41-31(39)21-12-10-20(11-13-21)18-43-26-15-14-23(34)16-22(26)17-27-30(38)37-29(24-8-6-7-9-25(24)35)28(32(40)42-5-2)19(3)36-33(37)44-27/h6-17,29H,4-5,18H2,1-3H3/b27-17-/t29-/m0/s1. The first-order chi connectivity index (χ1) is 21.2. The topological polar surface area (TPSA) is 96.2 Å². The van der Waals surface area contributed by atoms with Gasteiger partial charge in [-0.05, 0) is 74.4 Å². The molecule has 1 aromatic heterocycles. The first-order valence-electron chi connectivity index (χ1n) is 13.8. The second-order valence-corrected chi connectivity index (χ2v) is 11.6. The Bertz CT molecular complexity index is 1950. The third-order valence-corrected chi connectivity index (χ3v) is 8.40. The number of carbonyl (C=O) groups excluding carboxylic acids is 2. The van der Waals surface area contributed by atoms with E-state index in [2.05, 4.69) is 4.99 Å². The molecular formula is C33H28Cl2N2O6S. The normalized spacial score (nSPS) is 14.6. The summed E-state index contributed by atoms with van der Waals surface area (Å²) in [4.78, 5) is 44.1. The molecule has 1 aliphatic heterocycles. The van der Waals surface area contributed by atoms with Crippen LogP contribution in [0.25, 0.3) is 6.08 Å². The van der Waals surface area contributed by atoms with E-state index in [0.29, 0.717) is 54.1 Å². The number of hydrogen-bond donors (Lipinski definition) is 0. The maximum Gasteiger partial charge on any atom is 0.338 e. The average Bonchev–Trinajstić information content (AvgIpc) is 3.30. The third-order valence-electron chi connectivity index (χ3n) is 6.83. The third kappa shape index (κ3) is 6.50. The van der Waals surface area contributed by atoms with Crippen molar-refractivity contribution >= 4 is 52.6 Å². The number of esters is 2. The number of nitrogens with zero attached hydrogens (tertiary/aromatic N) is 2. The molecule has 0 unspecified atom stereocenters. The van der Waals surface area contributed by atoms with Crippen LogP contribution in [0.15, 0.2) is 87.8 Å². The van der Waals surface area contributed by atoms with E-state index in [4.69, 9.17) is 37.4 Å². The van der Waals surface area contributed by atoms with Crippen LogP contribution in [0.1, 0.15) is 53.9 Å². The van der Waals surface area contributed by atoms with Gasteiger partial charge in [0.2, 0.25) is 0 Å². The molecule has 0 fully saturated rings. The molecule has 0 bridgehead atoms. The van der Waals surface area contributed by atoms with Gasteiger partial charge in [0.1, 0.15) is 18.4 Å². The van der Waals surface area contributed by atoms with Gasteiger partial charge in [0.15, 0.2) is 4.80 Å². The Morgan fingerprint density at radius 3 is 2.39 bits per heavy atom. The zero-order chi connectivity index (χ0) is 31.4. The minimum Gasteiger partial charge on any atom is -0.488 e. The lowest BCUT2D eigenvalue weighted by Gasteiger charge is -2.25. The zero-order valence-corrected chi connectivity index (χ0v) is 26.5. The van der Waals surface area contributed by atoms with Crippen LogP contribution in [0, 0.1) is 0 Å². The molecule has 2 heterocycles. The number of carbonyl (C=O) groups is 2.